The van der Waals surface area contributed by atoms with E-state index in [-0.39, 0.29) is 16.7 Å². The number of amides is 1. The number of fused-ring (bicyclic) bond motifs is 3. The lowest BCUT2D eigenvalue weighted by molar-refractivity contribution is -0.120. The van der Waals surface area contributed by atoms with Crippen LogP contribution in [-0.4, -0.2) is 36.9 Å². The zero-order chi connectivity index (χ0) is 22.0. The van der Waals surface area contributed by atoms with Gasteiger partial charge >= 0.3 is 0 Å². The van der Waals surface area contributed by atoms with Crippen LogP contribution in [0, 0.1) is 5.92 Å². The summed E-state index contributed by atoms with van der Waals surface area (Å²) >= 11 is 1.34. The molecule has 4 aromatic rings. The Kier molecular flexibility index (Phi) is 6.08. The van der Waals surface area contributed by atoms with Crippen molar-refractivity contribution in [3.8, 4) is 0 Å². The van der Waals surface area contributed by atoms with E-state index >= 15 is 0 Å². The van der Waals surface area contributed by atoms with Gasteiger partial charge < -0.3 is 5.32 Å². The van der Waals surface area contributed by atoms with E-state index in [0.29, 0.717) is 35.3 Å². The minimum Gasteiger partial charge on any atom is -0.355 e. The highest BCUT2D eigenvalue weighted by Gasteiger charge is 2.21. The van der Waals surface area contributed by atoms with Crippen LogP contribution in [0.3, 0.4) is 0 Å². The van der Waals surface area contributed by atoms with E-state index in [0.717, 1.165) is 11.1 Å². The molecule has 0 aliphatic rings. The fourth-order valence-electron chi connectivity index (χ4n) is 3.38. The highest BCUT2D eigenvalue weighted by atomic mass is 32.2. The first kappa shape index (κ1) is 21.1. The van der Waals surface area contributed by atoms with Crippen LogP contribution in [0.4, 0.5) is 0 Å². The van der Waals surface area contributed by atoms with E-state index in [9.17, 15) is 9.59 Å². The van der Waals surface area contributed by atoms with Gasteiger partial charge in [0.05, 0.1) is 22.7 Å². The van der Waals surface area contributed by atoms with Gasteiger partial charge in [0.15, 0.2) is 5.16 Å². The molecule has 160 valence electrons. The van der Waals surface area contributed by atoms with Crippen LogP contribution in [-0.2, 0) is 11.3 Å². The highest BCUT2D eigenvalue weighted by Crippen LogP contribution is 2.25. The Hall–Kier alpha value is -3.13. The maximum atomic E-state index is 13.2. The molecule has 0 saturated carbocycles. The molecule has 31 heavy (non-hydrogen) atoms. The van der Waals surface area contributed by atoms with E-state index < -0.39 is 0 Å². The Balaban J connectivity index is 1.78. The Bertz CT molecular complexity index is 1280. The maximum Gasteiger partial charge on any atom is 0.263 e. The fourth-order valence-corrected chi connectivity index (χ4v) is 4.26. The van der Waals surface area contributed by atoms with Crippen LogP contribution in [0.15, 0.2) is 64.5 Å². The zero-order valence-electron chi connectivity index (χ0n) is 17.8. The SMILES string of the molecule is CC(C)CNC(=O)C(C)Sc1nnc2n(Cc3ccccc3)c(=O)c3ccccc3n12. The van der Waals surface area contributed by atoms with E-state index in [1.54, 1.807) is 4.57 Å². The highest BCUT2D eigenvalue weighted by molar-refractivity contribution is 8.00. The molecule has 0 spiro atoms. The zero-order valence-corrected chi connectivity index (χ0v) is 18.6. The number of hydrogen-bond donors (Lipinski definition) is 1. The van der Waals surface area contributed by atoms with Crippen molar-refractivity contribution in [2.75, 3.05) is 6.54 Å². The summed E-state index contributed by atoms with van der Waals surface area (Å²) < 4.78 is 3.51. The predicted octanol–water partition coefficient (Wildman–Crippen LogP) is 3.35. The monoisotopic (exact) mass is 435 g/mol. The van der Waals surface area contributed by atoms with Crippen LogP contribution in [0.2, 0.25) is 0 Å². The first-order valence-electron chi connectivity index (χ1n) is 10.3. The largest absolute Gasteiger partial charge is 0.355 e. The summed E-state index contributed by atoms with van der Waals surface area (Å²) in [4.78, 5) is 25.7. The number of nitrogens with one attached hydrogen (secondary N) is 1. The molecule has 0 aliphatic carbocycles. The summed E-state index contributed by atoms with van der Waals surface area (Å²) in [6, 6.07) is 17.2. The number of benzene rings is 2. The van der Waals surface area contributed by atoms with Gasteiger partial charge in [0, 0.05) is 6.54 Å². The normalized spacial score (nSPS) is 12.5. The molecule has 0 fully saturated rings. The number of carbonyl (C=O) groups is 1. The molecule has 0 saturated heterocycles. The predicted molar refractivity (Wildman–Crippen MR) is 123 cm³/mol. The molecule has 4 rings (SSSR count). The summed E-state index contributed by atoms with van der Waals surface area (Å²) in [5, 5.41) is 12.5. The van der Waals surface area contributed by atoms with Crippen molar-refractivity contribution in [3.63, 3.8) is 0 Å². The summed E-state index contributed by atoms with van der Waals surface area (Å²) in [6.07, 6.45) is 0. The van der Waals surface area contributed by atoms with Crippen LogP contribution in [0.25, 0.3) is 16.7 Å². The number of carbonyl (C=O) groups excluding carboxylic acids is 1. The molecule has 1 amide bonds. The van der Waals surface area contributed by atoms with Crippen LogP contribution in [0.5, 0.6) is 0 Å². The number of aromatic nitrogens is 4. The number of nitrogens with zero attached hydrogens (tertiary/aromatic N) is 4. The third-order valence-electron chi connectivity index (χ3n) is 5.00. The van der Waals surface area contributed by atoms with Crippen molar-refractivity contribution >= 4 is 34.3 Å². The van der Waals surface area contributed by atoms with Gasteiger partial charge in [-0.3, -0.25) is 18.6 Å². The second-order valence-corrected chi connectivity index (χ2v) is 9.22. The molecular formula is C23H25N5O2S. The quantitative estimate of drug-likeness (QED) is 0.450. The van der Waals surface area contributed by atoms with Gasteiger partial charge in [-0.2, -0.15) is 0 Å². The summed E-state index contributed by atoms with van der Waals surface area (Å²) in [5.74, 6) is 0.800. The van der Waals surface area contributed by atoms with Crippen LogP contribution >= 0.6 is 11.8 Å². The minimum absolute atomic E-state index is 0.0441. The molecule has 8 heteroatoms. The number of para-hydroxylation sites is 1. The second-order valence-electron chi connectivity index (χ2n) is 7.91. The standard InChI is InChI=1S/C23H25N5O2S/c1-15(2)13-24-20(29)16(3)31-23-26-25-22-27(14-17-9-5-4-6-10-17)21(30)18-11-7-8-12-19(18)28(22)23/h4-12,15-16H,13-14H2,1-3H3,(H,24,29). The number of rotatable bonds is 7. The lowest BCUT2D eigenvalue weighted by Crippen LogP contribution is -2.33. The van der Waals surface area contributed by atoms with Crippen molar-refractivity contribution < 1.29 is 4.79 Å². The first-order chi connectivity index (χ1) is 15.0. The van der Waals surface area contributed by atoms with Crippen molar-refractivity contribution in [1.29, 1.82) is 0 Å². The van der Waals surface area contributed by atoms with Gasteiger partial charge in [-0.15, -0.1) is 10.2 Å². The van der Waals surface area contributed by atoms with Gasteiger partial charge in [-0.25, -0.2) is 0 Å². The third-order valence-corrected chi connectivity index (χ3v) is 6.04. The third kappa shape index (κ3) is 4.34. The van der Waals surface area contributed by atoms with Gasteiger partial charge in [-0.05, 0) is 30.5 Å². The van der Waals surface area contributed by atoms with Gasteiger partial charge in [-0.1, -0.05) is 68.1 Å². The van der Waals surface area contributed by atoms with Crippen molar-refractivity contribution in [1.82, 2.24) is 24.5 Å². The second kappa shape index (κ2) is 8.93. The summed E-state index contributed by atoms with van der Waals surface area (Å²) in [7, 11) is 0. The van der Waals surface area contributed by atoms with Crippen molar-refractivity contribution in [2.45, 2.75) is 37.7 Å². The molecule has 2 aromatic carbocycles. The first-order valence-corrected chi connectivity index (χ1v) is 11.2. The topological polar surface area (TPSA) is 81.3 Å². The maximum absolute atomic E-state index is 13.2. The Morgan fingerprint density at radius 3 is 2.48 bits per heavy atom. The fraction of sp³-hybridized carbons (Fsp3) is 0.304. The Labute approximate surface area is 184 Å². The molecule has 1 N–H and O–H groups in total. The van der Waals surface area contributed by atoms with Gasteiger partial charge in [0.1, 0.15) is 0 Å². The molecule has 2 aromatic heterocycles. The minimum atomic E-state index is -0.348. The smallest absolute Gasteiger partial charge is 0.263 e. The Morgan fingerprint density at radius 1 is 1.03 bits per heavy atom. The molecule has 0 aliphatic heterocycles. The lowest BCUT2D eigenvalue weighted by Gasteiger charge is -2.14. The molecule has 2 heterocycles. The molecule has 1 unspecified atom stereocenters. The average Bonchev–Trinajstić information content (AvgIpc) is 3.19. The molecular weight excluding hydrogens is 410 g/mol. The molecule has 0 radical (unpaired) electrons. The van der Waals surface area contributed by atoms with Crippen LogP contribution in [0.1, 0.15) is 26.3 Å². The van der Waals surface area contributed by atoms with Crippen LogP contribution < -0.4 is 10.9 Å². The molecule has 0 bridgehead atoms. The van der Waals surface area contributed by atoms with E-state index in [2.05, 4.69) is 29.4 Å². The number of hydrogen-bond acceptors (Lipinski definition) is 5. The Morgan fingerprint density at radius 2 is 1.74 bits per heavy atom. The van der Waals surface area contributed by atoms with E-state index in [1.165, 1.54) is 11.8 Å². The average molecular weight is 436 g/mol. The van der Waals surface area contributed by atoms with E-state index in [1.807, 2.05) is 65.9 Å². The molecule has 7 nitrogen and oxygen atoms in total. The number of thioether (sulfide) groups is 1. The van der Waals surface area contributed by atoms with Gasteiger partial charge in [0.25, 0.3) is 5.56 Å². The lowest BCUT2D eigenvalue weighted by atomic mass is 10.2. The van der Waals surface area contributed by atoms with Crippen molar-refractivity contribution in [2.24, 2.45) is 5.92 Å². The summed E-state index contributed by atoms with van der Waals surface area (Å²) in [6.45, 7) is 6.99. The summed E-state index contributed by atoms with van der Waals surface area (Å²) in [5.41, 5.74) is 1.62. The molecule has 1 atom stereocenters. The van der Waals surface area contributed by atoms with E-state index in [4.69, 9.17) is 0 Å². The van der Waals surface area contributed by atoms with Gasteiger partial charge in [0.2, 0.25) is 11.7 Å². The van der Waals surface area contributed by atoms with Crippen molar-refractivity contribution in [3.05, 3.63) is 70.5 Å².